The molecule has 2 aromatic heterocycles. The van der Waals surface area contributed by atoms with E-state index in [4.69, 9.17) is 5.73 Å². The molecule has 96 valence electrons. The Morgan fingerprint density at radius 1 is 1.22 bits per heavy atom. The molecule has 18 heavy (non-hydrogen) atoms. The van der Waals surface area contributed by atoms with E-state index in [0.717, 1.165) is 18.7 Å². The van der Waals surface area contributed by atoms with Crippen LogP contribution >= 0.6 is 11.3 Å². The highest BCUT2D eigenvalue weighted by Gasteiger charge is 2.11. The molecule has 0 saturated carbocycles. The lowest BCUT2D eigenvalue weighted by atomic mass is 10.3. The molecule has 0 amide bonds. The van der Waals surface area contributed by atoms with E-state index in [1.807, 2.05) is 5.38 Å². The van der Waals surface area contributed by atoms with Gasteiger partial charge in [0.2, 0.25) is 11.9 Å². The molecule has 2 heterocycles. The minimum absolute atomic E-state index is 0.269. The summed E-state index contributed by atoms with van der Waals surface area (Å²) < 4.78 is 0. The number of nitrogen functional groups attached to an aromatic ring is 1. The fraction of sp³-hybridized carbons (Fsp3) is 0.417. The first-order valence-corrected chi connectivity index (χ1v) is 6.84. The molecular weight excluding hydrogens is 246 g/mol. The Balaban J connectivity index is 2.43. The van der Waals surface area contributed by atoms with Crippen molar-refractivity contribution in [1.82, 2.24) is 15.0 Å². The van der Waals surface area contributed by atoms with Crippen molar-refractivity contribution in [3.8, 4) is 11.4 Å². The van der Waals surface area contributed by atoms with Crippen LogP contribution in [0.1, 0.15) is 18.7 Å². The van der Waals surface area contributed by atoms with Crippen molar-refractivity contribution < 1.29 is 0 Å². The van der Waals surface area contributed by atoms with Crippen LogP contribution in [0.4, 0.5) is 11.9 Å². The van der Waals surface area contributed by atoms with Crippen molar-refractivity contribution in [1.29, 1.82) is 0 Å². The number of nitrogens with two attached hydrogens (primary N) is 1. The highest BCUT2D eigenvalue weighted by atomic mass is 32.1. The van der Waals surface area contributed by atoms with E-state index < -0.39 is 0 Å². The number of aryl methyl sites for hydroxylation is 1. The van der Waals surface area contributed by atoms with Gasteiger partial charge < -0.3 is 10.6 Å². The Morgan fingerprint density at radius 2 is 1.94 bits per heavy atom. The summed E-state index contributed by atoms with van der Waals surface area (Å²) in [4.78, 5) is 16.2. The van der Waals surface area contributed by atoms with Crippen LogP contribution in [0.2, 0.25) is 0 Å². The maximum atomic E-state index is 5.77. The Labute approximate surface area is 111 Å². The van der Waals surface area contributed by atoms with Crippen molar-refractivity contribution in [2.75, 3.05) is 23.7 Å². The van der Waals surface area contributed by atoms with Crippen molar-refractivity contribution >= 4 is 23.2 Å². The smallest absolute Gasteiger partial charge is 0.230 e. The van der Waals surface area contributed by atoms with E-state index in [-0.39, 0.29) is 5.95 Å². The third-order valence-corrected chi connectivity index (χ3v) is 3.54. The average molecular weight is 263 g/mol. The molecule has 0 aliphatic rings. The summed E-state index contributed by atoms with van der Waals surface area (Å²) in [7, 11) is 0. The molecule has 0 spiro atoms. The van der Waals surface area contributed by atoms with E-state index in [1.54, 1.807) is 11.3 Å². The van der Waals surface area contributed by atoms with Gasteiger partial charge >= 0.3 is 0 Å². The van der Waals surface area contributed by atoms with E-state index in [2.05, 4.69) is 46.7 Å². The molecule has 0 fully saturated rings. The Kier molecular flexibility index (Phi) is 3.76. The number of hydrogen-bond donors (Lipinski definition) is 1. The van der Waals surface area contributed by atoms with E-state index in [0.29, 0.717) is 11.8 Å². The quantitative estimate of drug-likeness (QED) is 0.917. The second-order valence-electron chi connectivity index (χ2n) is 3.94. The average Bonchev–Trinajstić information content (AvgIpc) is 2.77. The molecule has 0 unspecified atom stereocenters. The molecule has 0 aromatic carbocycles. The van der Waals surface area contributed by atoms with Gasteiger partial charge in [-0.1, -0.05) is 0 Å². The fourth-order valence-electron chi connectivity index (χ4n) is 1.72. The third kappa shape index (κ3) is 2.59. The van der Waals surface area contributed by atoms with Gasteiger partial charge in [-0.2, -0.15) is 15.0 Å². The zero-order chi connectivity index (χ0) is 13.1. The number of rotatable bonds is 4. The van der Waals surface area contributed by atoms with Crippen molar-refractivity contribution in [2.24, 2.45) is 0 Å². The lowest BCUT2D eigenvalue weighted by Crippen LogP contribution is -2.25. The molecule has 0 aliphatic carbocycles. The first-order chi connectivity index (χ1) is 8.63. The van der Waals surface area contributed by atoms with Crippen molar-refractivity contribution in [3.63, 3.8) is 0 Å². The van der Waals surface area contributed by atoms with Gasteiger partial charge in [0.15, 0.2) is 5.82 Å². The molecule has 2 aromatic rings. The summed E-state index contributed by atoms with van der Waals surface area (Å²) in [5, 5.41) is 2.04. The van der Waals surface area contributed by atoms with Crippen LogP contribution in [0.5, 0.6) is 0 Å². The van der Waals surface area contributed by atoms with Crippen molar-refractivity contribution in [2.45, 2.75) is 20.8 Å². The predicted octanol–water partition coefficient (Wildman–Crippen LogP) is 2.34. The summed E-state index contributed by atoms with van der Waals surface area (Å²) in [6, 6.07) is 2.06. The number of nitrogens with zero attached hydrogens (tertiary/aromatic N) is 4. The molecule has 5 nitrogen and oxygen atoms in total. The van der Waals surface area contributed by atoms with E-state index in [1.165, 1.54) is 4.88 Å². The van der Waals surface area contributed by atoms with Gasteiger partial charge in [-0.05, 0) is 26.8 Å². The number of anilines is 2. The lowest BCUT2D eigenvalue weighted by molar-refractivity contribution is 0.816. The molecule has 0 atom stereocenters. The van der Waals surface area contributed by atoms with Crippen LogP contribution in [0.25, 0.3) is 11.4 Å². The van der Waals surface area contributed by atoms with Crippen LogP contribution in [-0.4, -0.2) is 28.0 Å². The highest BCUT2D eigenvalue weighted by Crippen LogP contribution is 2.23. The van der Waals surface area contributed by atoms with Gasteiger partial charge in [-0.15, -0.1) is 11.3 Å². The summed E-state index contributed by atoms with van der Waals surface area (Å²) in [6.45, 7) is 7.89. The maximum absolute atomic E-state index is 5.77. The molecule has 2 rings (SSSR count). The number of thiophene rings is 1. The van der Waals surface area contributed by atoms with Gasteiger partial charge in [0.05, 0.1) is 0 Å². The zero-order valence-corrected chi connectivity index (χ0v) is 11.7. The van der Waals surface area contributed by atoms with Gasteiger partial charge in [-0.3, -0.25) is 0 Å². The van der Waals surface area contributed by atoms with Crippen LogP contribution in [0.3, 0.4) is 0 Å². The number of aromatic nitrogens is 3. The SMILES string of the molecule is CCN(CC)c1nc(N)nc(-c2csc(C)c2)n1. The van der Waals surface area contributed by atoms with Gasteiger partial charge in [0.25, 0.3) is 0 Å². The van der Waals surface area contributed by atoms with Crippen LogP contribution in [0, 0.1) is 6.92 Å². The Bertz CT molecular complexity index is 533. The molecule has 2 N–H and O–H groups in total. The van der Waals surface area contributed by atoms with Gasteiger partial charge in [0, 0.05) is 28.9 Å². The minimum atomic E-state index is 0.269. The first-order valence-electron chi connectivity index (χ1n) is 5.96. The largest absolute Gasteiger partial charge is 0.368 e. The third-order valence-electron chi connectivity index (χ3n) is 2.68. The molecular formula is C12H17N5S. The van der Waals surface area contributed by atoms with E-state index >= 15 is 0 Å². The summed E-state index contributed by atoms with van der Waals surface area (Å²) in [5.74, 6) is 1.56. The second-order valence-corrected chi connectivity index (χ2v) is 5.05. The molecule has 0 bridgehead atoms. The van der Waals surface area contributed by atoms with Gasteiger partial charge in [0.1, 0.15) is 0 Å². The van der Waals surface area contributed by atoms with Crippen LogP contribution < -0.4 is 10.6 Å². The van der Waals surface area contributed by atoms with Gasteiger partial charge in [-0.25, -0.2) is 0 Å². The molecule has 0 saturated heterocycles. The van der Waals surface area contributed by atoms with Crippen LogP contribution in [0.15, 0.2) is 11.4 Å². The van der Waals surface area contributed by atoms with Crippen molar-refractivity contribution in [3.05, 3.63) is 16.3 Å². The fourth-order valence-corrected chi connectivity index (χ4v) is 2.40. The Morgan fingerprint density at radius 3 is 2.50 bits per heavy atom. The lowest BCUT2D eigenvalue weighted by Gasteiger charge is -2.18. The topological polar surface area (TPSA) is 67.9 Å². The zero-order valence-electron chi connectivity index (χ0n) is 10.8. The molecule has 0 aliphatic heterocycles. The molecule has 0 radical (unpaired) electrons. The van der Waals surface area contributed by atoms with E-state index in [9.17, 15) is 0 Å². The summed E-state index contributed by atoms with van der Waals surface area (Å²) in [5.41, 5.74) is 6.77. The highest BCUT2D eigenvalue weighted by molar-refractivity contribution is 7.10. The summed E-state index contributed by atoms with van der Waals surface area (Å²) in [6.07, 6.45) is 0. The normalized spacial score (nSPS) is 10.6. The maximum Gasteiger partial charge on any atom is 0.230 e. The monoisotopic (exact) mass is 263 g/mol. The first kappa shape index (κ1) is 12.8. The predicted molar refractivity (Wildman–Crippen MR) is 75.9 cm³/mol. The van der Waals surface area contributed by atoms with Crippen LogP contribution in [-0.2, 0) is 0 Å². The Hall–Kier alpha value is -1.69. The molecule has 6 heteroatoms. The minimum Gasteiger partial charge on any atom is -0.368 e. The number of hydrogen-bond acceptors (Lipinski definition) is 6. The summed E-state index contributed by atoms with van der Waals surface area (Å²) >= 11 is 1.68. The standard InChI is InChI=1S/C12H17N5S/c1-4-17(5-2)12-15-10(14-11(13)16-12)9-6-8(3)18-7-9/h6-7H,4-5H2,1-3H3,(H2,13,14,15,16). The second kappa shape index (κ2) is 5.30.